The zero-order valence-electron chi connectivity index (χ0n) is 13.4. The van der Waals surface area contributed by atoms with Crippen LogP contribution in [0.1, 0.15) is 26.3 Å². The van der Waals surface area contributed by atoms with Gasteiger partial charge in [0.15, 0.2) is 0 Å². The maximum atomic E-state index is 12.0. The molecule has 24 heavy (non-hydrogen) atoms. The zero-order valence-corrected chi connectivity index (χ0v) is 13.4. The number of rotatable bonds is 2. The number of anilines is 1. The van der Waals surface area contributed by atoms with Crippen molar-refractivity contribution in [2.24, 2.45) is 0 Å². The van der Waals surface area contributed by atoms with Crippen molar-refractivity contribution in [1.29, 1.82) is 0 Å². The van der Waals surface area contributed by atoms with Crippen LogP contribution in [-0.2, 0) is 11.3 Å². The van der Waals surface area contributed by atoms with Crippen molar-refractivity contribution < 1.29 is 23.8 Å². The molecular weight excluding hydrogens is 318 g/mol. The Balaban J connectivity index is 2.33. The molecule has 0 bridgehead atoms. The van der Waals surface area contributed by atoms with E-state index < -0.39 is 23.5 Å². The minimum atomic E-state index is -1.46. The molecule has 0 radical (unpaired) electrons. The van der Waals surface area contributed by atoms with Crippen molar-refractivity contribution in [2.45, 2.75) is 32.9 Å². The Kier molecular flexibility index (Phi) is 4.45. The van der Waals surface area contributed by atoms with Crippen LogP contribution in [0.3, 0.4) is 0 Å². The number of carbonyl (C=O) groups is 2. The molecule has 9 nitrogen and oxygen atoms in total. The standard InChI is InChI=1S/C15H17N3O6/c1-15(2,3)24-14(22)18(13(20)21)7-8-4-5-9-10(6-8)23-12(19)17-11(9)16/h4-6H,7H2,1-3H3,(H,20,21)(H2,16,17,19). The van der Waals surface area contributed by atoms with E-state index in [9.17, 15) is 19.5 Å². The monoisotopic (exact) mass is 335 g/mol. The van der Waals surface area contributed by atoms with Crippen LogP contribution < -0.4 is 11.5 Å². The number of amides is 2. The number of nitrogens with zero attached hydrogens (tertiary/aromatic N) is 2. The first kappa shape index (κ1) is 17.3. The summed E-state index contributed by atoms with van der Waals surface area (Å²) >= 11 is 0. The van der Waals surface area contributed by atoms with Crippen LogP contribution in [0.2, 0.25) is 0 Å². The molecule has 0 saturated carbocycles. The lowest BCUT2D eigenvalue weighted by atomic mass is 10.1. The number of fused-ring (bicyclic) bond motifs is 1. The van der Waals surface area contributed by atoms with Gasteiger partial charge >= 0.3 is 17.9 Å². The first-order chi connectivity index (χ1) is 11.1. The summed E-state index contributed by atoms with van der Waals surface area (Å²) in [5, 5.41) is 9.64. The Hall–Kier alpha value is -3.10. The highest BCUT2D eigenvalue weighted by atomic mass is 16.6. The van der Waals surface area contributed by atoms with Gasteiger partial charge in [-0.2, -0.15) is 4.98 Å². The third kappa shape index (κ3) is 4.00. The van der Waals surface area contributed by atoms with Crippen molar-refractivity contribution >= 4 is 29.0 Å². The quantitative estimate of drug-likeness (QED) is 0.852. The minimum absolute atomic E-state index is 0.00929. The fourth-order valence-corrected chi connectivity index (χ4v) is 1.95. The molecule has 1 aromatic carbocycles. The molecule has 2 amide bonds. The normalized spacial score (nSPS) is 11.3. The molecule has 3 N–H and O–H groups in total. The lowest BCUT2D eigenvalue weighted by Gasteiger charge is -2.24. The van der Waals surface area contributed by atoms with E-state index in [4.69, 9.17) is 14.9 Å². The fourth-order valence-electron chi connectivity index (χ4n) is 1.95. The summed E-state index contributed by atoms with van der Waals surface area (Å²) in [5.74, 6) is -0.852. The molecule has 2 rings (SSSR count). The molecule has 1 heterocycles. The van der Waals surface area contributed by atoms with Crippen LogP contribution in [0.5, 0.6) is 0 Å². The molecule has 1 aromatic heterocycles. The van der Waals surface area contributed by atoms with Crippen molar-refractivity contribution in [3.8, 4) is 0 Å². The Labute approximate surface area is 136 Å². The van der Waals surface area contributed by atoms with Crippen LogP contribution in [0.25, 0.3) is 11.0 Å². The van der Waals surface area contributed by atoms with Gasteiger partial charge in [0, 0.05) is 0 Å². The highest BCUT2D eigenvalue weighted by Crippen LogP contribution is 2.20. The number of hydrogen-bond acceptors (Lipinski definition) is 7. The van der Waals surface area contributed by atoms with E-state index in [1.54, 1.807) is 26.8 Å². The third-order valence-electron chi connectivity index (χ3n) is 2.92. The second-order valence-electron chi connectivity index (χ2n) is 6.04. The van der Waals surface area contributed by atoms with Gasteiger partial charge in [0.2, 0.25) is 0 Å². The molecule has 128 valence electrons. The first-order valence-electron chi connectivity index (χ1n) is 6.99. The van der Waals surface area contributed by atoms with E-state index in [1.807, 2.05) is 0 Å². The second-order valence-corrected chi connectivity index (χ2v) is 6.04. The Morgan fingerprint density at radius 1 is 1.38 bits per heavy atom. The molecule has 0 saturated heterocycles. The van der Waals surface area contributed by atoms with Crippen molar-refractivity contribution in [3.05, 3.63) is 34.3 Å². The van der Waals surface area contributed by atoms with E-state index in [0.29, 0.717) is 15.8 Å². The molecule has 0 aliphatic rings. The second kappa shape index (κ2) is 6.19. The topological polar surface area (TPSA) is 136 Å². The van der Waals surface area contributed by atoms with Gasteiger partial charge in [0.05, 0.1) is 11.9 Å². The maximum absolute atomic E-state index is 12.0. The van der Waals surface area contributed by atoms with E-state index in [1.165, 1.54) is 12.1 Å². The van der Waals surface area contributed by atoms with Crippen LogP contribution in [0.4, 0.5) is 15.4 Å². The van der Waals surface area contributed by atoms with Crippen molar-refractivity contribution in [3.63, 3.8) is 0 Å². The summed E-state index contributed by atoms with van der Waals surface area (Å²) in [5.41, 5.74) is 5.37. The molecule has 0 aliphatic carbocycles. The maximum Gasteiger partial charge on any atom is 0.441 e. The molecule has 9 heteroatoms. The van der Waals surface area contributed by atoms with Crippen molar-refractivity contribution in [2.75, 3.05) is 5.73 Å². The number of carbonyl (C=O) groups excluding carboxylic acids is 1. The summed E-state index contributed by atoms with van der Waals surface area (Å²) in [4.78, 5) is 38.6. The molecule has 0 spiro atoms. The molecule has 0 atom stereocenters. The Bertz CT molecular complexity index is 852. The summed E-state index contributed by atoms with van der Waals surface area (Å²) in [6.07, 6.45) is -2.45. The number of benzene rings is 1. The number of nitrogen functional groups attached to an aromatic ring is 1. The average molecular weight is 335 g/mol. The summed E-state index contributed by atoms with van der Waals surface area (Å²) < 4.78 is 10.00. The third-order valence-corrected chi connectivity index (χ3v) is 2.92. The number of carboxylic acid groups (broad SMARTS) is 1. The lowest BCUT2D eigenvalue weighted by Crippen LogP contribution is -2.39. The van der Waals surface area contributed by atoms with Gasteiger partial charge in [-0.25, -0.2) is 19.3 Å². The average Bonchev–Trinajstić information content (AvgIpc) is 2.41. The molecule has 2 aromatic rings. The molecule has 0 unspecified atom stereocenters. The van der Waals surface area contributed by atoms with Gasteiger partial charge in [-0.3, -0.25) is 0 Å². The summed E-state index contributed by atoms with van der Waals surface area (Å²) in [7, 11) is 0. The smallest absolute Gasteiger partial charge is 0.441 e. The fraction of sp³-hybridized carbons (Fsp3) is 0.333. The number of imide groups is 1. The lowest BCUT2D eigenvalue weighted by molar-refractivity contribution is 0.0255. The van der Waals surface area contributed by atoms with E-state index in [0.717, 1.165) is 0 Å². The predicted molar refractivity (Wildman–Crippen MR) is 84.5 cm³/mol. The van der Waals surface area contributed by atoms with Crippen LogP contribution in [0.15, 0.2) is 27.4 Å². The Morgan fingerprint density at radius 3 is 2.62 bits per heavy atom. The summed E-state index contributed by atoms with van der Waals surface area (Å²) in [6, 6.07) is 4.51. The van der Waals surface area contributed by atoms with Crippen LogP contribution >= 0.6 is 0 Å². The number of hydrogen-bond donors (Lipinski definition) is 2. The van der Waals surface area contributed by atoms with Gasteiger partial charge in [0.1, 0.15) is 17.0 Å². The SMILES string of the molecule is CC(C)(C)OC(=O)N(Cc1ccc2c(N)nc(=O)oc2c1)C(=O)O. The van der Waals surface area contributed by atoms with E-state index >= 15 is 0 Å². The molecule has 0 aliphatic heterocycles. The largest absolute Gasteiger partial charge is 0.465 e. The van der Waals surface area contributed by atoms with Gasteiger partial charge < -0.3 is 20.0 Å². The van der Waals surface area contributed by atoms with Gasteiger partial charge in [-0.05, 0) is 38.5 Å². The zero-order chi connectivity index (χ0) is 18.1. The number of nitrogens with two attached hydrogens (primary N) is 1. The van der Waals surface area contributed by atoms with Gasteiger partial charge in [-0.1, -0.05) is 6.07 Å². The Morgan fingerprint density at radius 2 is 2.04 bits per heavy atom. The highest BCUT2D eigenvalue weighted by Gasteiger charge is 2.27. The first-order valence-corrected chi connectivity index (χ1v) is 6.99. The van der Waals surface area contributed by atoms with Crippen molar-refractivity contribution in [1.82, 2.24) is 9.88 Å². The van der Waals surface area contributed by atoms with E-state index in [-0.39, 0.29) is 17.9 Å². The van der Waals surface area contributed by atoms with Crippen LogP contribution in [-0.4, -0.2) is 32.8 Å². The number of ether oxygens (including phenoxy) is 1. The molecular formula is C15H17N3O6. The van der Waals surface area contributed by atoms with E-state index in [2.05, 4.69) is 4.98 Å². The minimum Gasteiger partial charge on any atom is -0.465 e. The summed E-state index contributed by atoms with van der Waals surface area (Å²) in [6.45, 7) is 4.62. The van der Waals surface area contributed by atoms with Gasteiger partial charge in [0.25, 0.3) is 0 Å². The van der Waals surface area contributed by atoms with Gasteiger partial charge in [-0.15, -0.1) is 0 Å². The van der Waals surface area contributed by atoms with Crippen LogP contribution in [0, 0.1) is 0 Å². The predicted octanol–water partition coefficient (Wildman–Crippen LogP) is 2.19. The molecule has 0 fully saturated rings. The highest BCUT2D eigenvalue weighted by molar-refractivity contribution is 5.88. The number of aromatic nitrogens is 1.